The lowest BCUT2D eigenvalue weighted by Gasteiger charge is -2.09. The van der Waals surface area contributed by atoms with E-state index in [-0.39, 0.29) is 16.0 Å². The Balaban J connectivity index is 1.92. The maximum Gasteiger partial charge on any atom is 0.324 e. The van der Waals surface area contributed by atoms with Crippen molar-refractivity contribution in [2.24, 2.45) is 0 Å². The first kappa shape index (κ1) is 13.1. The molecule has 18 heavy (non-hydrogen) atoms. The SMILES string of the molecule is Cc1cnc(C(C)NCc2csc([N+](=O)[O-])c2)s1. The zero-order valence-corrected chi connectivity index (χ0v) is 11.7. The van der Waals surface area contributed by atoms with Gasteiger partial charge in [0.15, 0.2) is 0 Å². The van der Waals surface area contributed by atoms with Gasteiger partial charge >= 0.3 is 5.00 Å². The number of rotatable bonds is 5. The van der Waals surface area contributed by atoms with Crippen molar-refractivity contribution in [2.75, 3.05) is 0 Å². The minimum Gasteiger partial charge on any atom is -0.304 e. The molecule has 0 aliphatic carbocycles. The molecular weight excluding hydrogens is 270 g/mol. The van der Waals surface area contributed by atoms with E-state index in [1.165, 1.54) is 4.88 Å². The van der Waals surface area contributed by atoms with Crippen LogP contribution in [0.4, 0.5) is 5.00 Å². The molecule has 0 aromatic carbocycles. The number of aryl methyl sites for hydroxylation is 1. The molecule has 96 valence electrons. The molecule has 1 N–H and O–H groups in total. The third-order valence-electron chi connectivity index (χ3n) is 2.44. The van der Waals surface area contributed by atoms with Gasteiger partial charge in [0.1, 0.15) is 5.01 Å². The van der Waals surface area contributed by atoms with Gasteiger partial charge in [0.25, 0.3) is 0 Å². The second-order valence-corrected chi connectivity index (χ2v) is 6.12. The van der Waals surface area contributed by atoms with Crippen LogP contribution in [0.5, 0.6) is 0 Å². The summed E-state index contributed by atoms with van der Waals surface area (Å²) in [5, 5.41) is 16.9. The number of aromatic nitrogens is 1. The van der Waals surface area contributed by atoms with E-state index in [0.29, 0.717) is 6.54 Å². The van der Waals surface area contributed by atoms with E-state index in [9.17, 15) is 10.1 Å². The smallest absolute Gasteiger partial charge is 0.304 e. The number of hydrogen-bond acceptors (Lipinski definition) is 6. The average molecular weight is 283 g/mol. The fourth-order valence-electron chi connectivity index (χ4n) is 1.48. The minimum atomic E-state index is -0.359. The fraction of sp³-hybridized carbons (Fsp3) is 0.364. The number of nitrogens with zero attached hydrogens (tertiary/aromatic N) is 2. The lowest BCUT2D eigenvalue weighted by Crippen LogP contribution is -2.17. The highest BCUT2D eigenvalue weighted by Gasteiger charge is 2.12. The van der Waals surface area contributed by atoms with Gasteiger partial charge in [0.2, 0.25) is 0 Å². The summed E-state index contributed by atoms with van der Waals surface area (Å²) in [6, 6.07) is 1.76. The Morgan fingerprint density at radius 3 is 2.94 bits per heavy atom. The molecule has 0 aliphatic heterocycles. The Labute approximate surface area is 113 Å². The highest BCUT2D eigenvalue weighted by atomic mass is 32.1. The number of nitrogens with one attached hydrogen (secondary N) is 1. The summed E-state index contributed by atoms with van der Waals surface area (Å²) in [7, 11) is 0. The summed E-state index contributed by atoms with van der Waals surface area (Å²) in [6.07, 6.45) is 1.85. The Bertz CT molecular complexity index is 550. The van der Waals surface area contributed by atoms with E-state index in [0.717, 1.165) is 21.9 Å². The molecule has 7 heteroatoms. The molecule has 2 aromatic rings. The van der Waals surface area contributed by atoms with Crippen LogP contribution < -0.4 is 5.32 Å². The first-order valence-corrected chi connectivity index (χ1v) is 7.13. The fourth-order valence-corrected chi connectivity index (χ4v) is 3.01. The van der Waals surface area contributed by atoms with Gasteiger partial charge in [-0.05, 0) is 19.4 Å². The lowest BCUT2D eigenvalue weighted by atomic mass is 10.3. The quantitative estimate of drug-likeness (QED) is 0.675. The average Bonchev–Trinajstić information content (AvgIpc) is 2.94. The number of thiazole rings is 1. The van der Waals surface area contributed by atoms with Crippen LogP contribution in [0.25, 0.3) is 0 Å². The van der Waals surface area contributed by atoms with Crippen molar-refractivity contribution in [3.63, 3.8) is 0 Å². The second-order valence-electron chi connectivity index (χ2n) is 3.96. The maximum absolute atomic E-state index is 10.6. The van der Waals surface area contributed by atoms with Crippen molar-refractivity contribution in [1.29, 1.82) is 0 Å². The molecule has 0 saturated heterocycles. The Morgan fingerprint density at radius 1 is 1.61 bits per heavy atom. The minimum absolute atomic E-state index is 0.155. The molecule has 1 atom stereocenters. The van der Waals surface area contributed by atoms with Crippen LogP contribution in [0.15, 0.2) is 17.6 Å². The number of nitro groups is 1. The van der Waals surface area contributed by atoms with Gasteiger partial charge in [-0.2, -0.15) is 0 Å². The maximum atomic E-state index is 10.6. The monoisotopic (exact) mass is 283 g/mol. The van der Waals surface area contributed by atoms with Crippen LogP contribution in [-0.4, -0.2) is 9.91 Å². The van der Waals surface area contributed by atoms with Crippen LogP contribution in [0.2, 0.25) is 0 Å². The van der Waals surface area contributed by atoms with Crippen LogP contribution >= 0.6 is 22.7 Å². The van der Waals surface area contributed by atoms with Crippen molar-refractivity contribution < 1.29 is 4.92 Å². The van der Waals surface area contributed by atoms with Crippen molar-refractivity contribution in [2.45, 2.75) is 26.4 Å². The zero-order valence-electron chi connectivity index (χ0n) is 10.0. The molecule has 1 unspecified atom stereocenters. The highest BCUT2D eigenvalue weighted by Crippen LogP contribution is 2.24. The normalized spacial score (nSPS) is 12.6. The van der Waals surface area contributed by atoms with Gasteiger partial charge < -0.3 is 5.32 Å². The number of hydrogen-bond donors (Lipinski definition) is 1. The Kier molecular flexibility index (Phi) is 4.05. The van der Waals surface area contributed by atoms with Crippen LogP contribution in [0, 0.1) is 17.0 Å². The van der Waals surface area contributed by atoms with Crippen molar-refractivity contribution >= 4 is 27.7 Å². The Hall–Kier alpha value is -1.31. The summed E-state index contributed by atoms with van der Waals surface area (Å²) in [5.41, 5.74) is 0.937. The summed E-state index contributed by atoms with van der Waals surface area (Å²) >= 11 is 2.82. The third kappa shape index (κ3) is 3.12. The van der Waals surface area contributed by atoms with E-state index in [1.807, 2.05) is 25.4 Å². The summed E-state index contributed by atoms with van der Waals surface area (Å²) in [4.78, 5) is 15.7. The van der Waals surface area contributed by atoms with Gasteiger partial charge in [0, 0.05) is 29.1 Å². The molecular formula is C11H13N3O2S2. The molecule has 0 radical (unpaired) electrons. The molecule has 0 saturated carbocycles. The van der Waals surface area contributed by atoms with Crippen LogP contribution in [-0.2, 0) is 6.54 Å². The molecule has 0 aliphatic rings. The predicted octanol–water partition coefficient (Wildman–Crippen LogP) is 3.27. The molecule has 5 nitrogen and oxygen atoms in total. The molecule has 0 fully saturated rings. The van der Waals surface area contributed by atoms with Gasteiger partial charge in [-0.3, -0.25) is 10.1 Å². The van der Waals surface area contributed by atoms with Gasteiger partial charge in [-0.15, -0.1) is 11.3 Å². The second kappa shape index (κ2) is 5.55. The van der Waals surface area contributed by atoms with Crippen molar-refractivity contribution in [3.8, 4) is 0 Å². The zero-order chi connectivity index (χ0) is 13.1. The van der Waals surface area contributed by atoms with Crippen molar-refractivity contribution in [1.82, 2.24) is 10.3 Å². The first-order valence-electron chi connectivity index (χ1n) is 5.44. The van der Waals surface area contributed by atoms with E-state index in [4.69, 9.17) is 0 Å². The molecule has 2 rings (SSSR count). The van der Waals surface area contributed by atoms with Gasteiger partial charge in [-0.1, -0.05) is 11.3 Å². The molecule has 2 heterocycles. The van der Waals surface area contributed by atoms with Crippen LogP contribution in [0.3, 0.4) is 0 Å². The molecule has 0 amide bonds. The summed E-state index contributed by atoms with van der Waals surface area (Å²) in [6.45, 7) is 4.68. The standard InChI is InChI=1S/C11H13N3O2S2/c1-7-4-13-11(18-7)8(2)12-5-9-3-10(14(15)16)17-6-9/h3-4,6,8,12H,5H2,1-2H3. The molecule has 0 spiro atoms. The van der Waals surface area contributed by atoms with Crippen molar-refractivity contribution in [3.05, 3.63) is 43.2 Å². The first-order chi connectivity index (χ1) is 8.56. The van der Waals surface area contributed by atoms with Crippen LogP contribution in [0.1, 0.15) is 28.4 Å². The summed E-state index contributed by atoms with van der Waals surface area (Å²) < 4.78 is 0. The van der Waals surface area contributed by atoms with E-state index in [1.54, 1.807) is 17.4 Å². The van der Waals surface area contributed by atoms with Gasteiger partial charge in [0.05, 0.1) is 11.0 Å². The Morgan fingerprint density at radius 2 is 2.39 bits per heavy atom. The van der Waals surface area contributed by atoms with E-state index >= 15 is 0 Å². The number of thiophene rings is 1. The third-order valence-corrected chi connectivity index (χ3v) is 4.47. The topological polar surface area (TPSA) is 68.1 Å². The largest absolute Gasteiger partial charge is 0.324 e. The predicted molar refractivity (Wildman–Crippen MR) is 73.1 cm³/mol. The van der Waals surface area contributed by atoms with E-state index in [2.05, 4.69) is 10.3 Å². The molecule has 0 bridgehead atoms. The lowest BCUT2D eigenvalue weighted by molar-refractivity contribution is -0.380. The van der Waals surface area contributed by atoms with Gasteiger partial charge in [-0.25, -0.2) is 4.98 Å². The van der Waals surface area contributed by atoms with E-state index < -0.39 is 0 Å². The molecule has 2 aromatic heterocycles. The highest BCUT2D eigenvalue weighted by molar-refractivity contribution is 7.13. The summed E-state index contributed by atoms with van der Waals surface area (Å²) in [5.74, 6) is 0.